The van der Waals surface area contributed by atoms with Gasteiger partial charge in [-0.05, 0) is 31.1 Å². The van der Waals surface area contributed by atoms with Crippen LogP contribution in [0.5, 0.6) is 0 Å². The van der Waals surface area contributed by atoms with Crippen molar-refractivity contribution in [3.05, 3.63) is 0 Å². The maximum atomic E-state index is 3.55. The molecule has 1 saturated carbocycles. The fourth-order valence-electron chi connectivity index (χ4n) is 2.55. The lowest BCUT2D eigenvalue weighted by Gasteiger charge is -2.20. The Bertz CT molecular complexity index is 154. The second-order valence-electron chi connectivity index (χ2n) is 4.48. The van der Waals surface area contributed by atoms with Crippen molar-refractivity contribution >= 4 is 0 Å². The van der Waals surface area contributed by atoms with Gasteiger partial charge in [0.2, 0.25) is 0 Å². The second-order valence-corrected chi connectivity index (χ2v) is 4.48. The third kappa shape index (κ3) is 1.01. The van der Waals surface area contributed by atoms with Crippen LogP contribution in [0.25, 0.3) is 0 Å². The number of hydrogen-bond donors (Lipinski definition) is 1. The molecule has 0 radical (unpaired) electrons. The fraction of sp³-hybridized carbons (Fsp3) is 1.00. The Morgan fingerprint density at radius 2 is 2.09 bits per heavy atom. The summed E-state index contributed by atoms with van der Waals surface area (Å²) in [7, 11) is 0. The Kier molecular flexibility index (Phi) is 1.54. The summed E-state index contributed by atoms with van der Waals surface area (Å²) in [4.78, 5) is 0. The largest absolute Gasteiger partial charge is 0.308 e. The molecule has 1 heterocycles. The van der Waals surface area contributed by atoms with Crippen LogP contribution >= 0.6 is 0 Å². The molecule has 2 unspecified atom stereocenters. The lowest BCUT2D eigenvalue weighted by atomic mass is 9.84. The molecule has 0 aromatic rings. The number of hydrogen-bond acceptors (Lipinski definition) is 1. The molecular weight excluding hydrogens is 134 g/mol. The summed E-state index contributed by atoms with van der Waals surface area (Å²) in [5, 5.41) is 3.55. The van der Waals surface area contributed by atoms with Gasteiger partial charge in [0.15, 0.2) is 0 Å². The third-order valence-corrected chi connectivity index (χ3v) is 3.87. The number of nitrogens with one attached hydrogen (secondary N) is 1. The van der Waals surface area contributed by atoms with Gasteiger partial charge in [0.25, 0.3) is 0 Å². The highest BCUT2D eigenvalue weighted by Gasteiger charge is 2.59. The minimum atomic E-state index is 0.730. The molecule has 1 heteroatoms. The van der Waals surface area contributed by atoms with E-state index in [2.05, 4.69) is 26.1 Å². The second kappa shape index (κ2) is 2.22. The van der Waals surface area contributed by atoms with Crippen molar-refractivity contribution in [1.29, 1.82) is 0 Å². The average molecular weight is 153 g/mol. The normalized spacial score (nSPS) is 41.7. The molecule has 2 fully saturated rings. The molecule has 11 heavy (non-hydrogen) atoms. The summed E-state index contributed by atoms with van der Waals surface area (Å²) in [5.41, 5.74) is 0.730. The number of rotatable bonds is 3. The molecule has 2 aliphatic rings. The van der Waals surface area contributed by atoms with Crippen LogP contribution in [0.1, 0.15) is 40.0 Å². The SMILES string of the molecule is CC[C@H](C)C1(C2NC2C)CC1. The fourth-order valence-corrected chi connectivity index (χ4v) is 2.55. The Hall–Kier alpha value is -0.0400. The molecule has 1 N–H and O–H groups in total. The molecular formula is C10H19N. The molecule has 0 aromatic carbocycles. The van der Waals surface area contributed by atoms with Gasteiger partial charge in [-0.1, -0.05) is 20.3 Å². The minimum absolute atomic E-state index is 0.730. The maximum Gasteiger partial charge on any atom is 0.0280 e. The molecule has 0 bridgehead atoms. The van der Waals surface area contributed by atoms with Crippen LogP contribution in [0.4, 0.5) is 0 Å². The summed E-state index contributed by atoms with van der Waals surface area (Å²) in [6, 6.07) is 1.68. The minimum Gasteiger partial charge on any atom is -0.308 e. The first kappa shape index (κ1) is 7.60. The predicted molar refractivity (Wildman–Crippen MR) is 47.5 cm³/mol. The maximum absolute atomic E-state index is 3.55. The van der Waals surface area contributed by atoms with Crippen molar-refractivity contribution in [3.63, 3.8) is 0 Å². The van der Waals surface area contributed by atoms with E-state index in [1.165, 1.54) is 19.3 Å². The Morgan fingerprint density at radius 3 is 2.36 bits per heavy atom. The van der Waals surface area contributed by atoms with E-state index in [1.807, 2.05) is 0 Å². The smallest absolute Gasteiger partial charge is 0.0280 e. The lowest BCUT2D eigenvalue weighted by molar-refractivity contribution is 0.312. The first-order valence-electron chi connectivity index (χ1n) is 4.97. The summed E-state index contributed by atoms with van der Waals surface area (Å²) in [6.45, 7) is 7.05. The topological polar surface area (TPSA) is 21.9 Å². The third-order valence-electron chi connectivity index (χ3n) is 3.87. The van der Waals surface area contributed by atoms with Crippen molar-refractivity contribution in [3.8, 4) is 0 Å². The van der Waals surface area contributed by atoms with E-state index in [-0.39, 0.29) is 0 Å². The van der Waals surface area contributed by atoms with Gasteiger partial charge in [0.1, 0.15) is 0 Å². The van der Waals surface area contributed by atoms with Crippen LogP contribution in [-0.4, -0.2) is 12.1 Å². The zero-order valence-electron chi connectivity index (χ0n) is 7.85. The summed E-state index contributed by atoms with van der Waals surface area (Å²) >= 11 is 0. The highest BCUT2D eigenvalue weighted by Crippen LogP contribution is 2.59. The van der Waals surface area contributed by atoms with Crippen LogP contribution in [0, 0.1) is 11.3 Å². The van der Waals surface area contributed by atoms with E-state index in [9.17, 15) is 0 Å². The van der Waals surface area contributed by atoms with Gasteiger partial charge in [0, 0.05) is 12.1 Å². The monoisotopic (exact) mass is 153 g/mol. The zero-order valence-corrected chi connectivity index (χ0v) is 7.85. The summed E-state index contributed by atoms with van der Waals surface area (Å²) in [6.07, 6.45) is 4.30. The van der Waals surface area contributed by atoms with Crippen molar-refractivity contribution in [2.45, 2.75) is 52.1 Å². The van der Waals surface area contributed by atoms with Crippen LogP contribution in [0.3, 0.4) is 0 Å². The van der Waals surface area contributed by atoms with Crippen LogP contribution in [-0.2, 0) is 0 Å². The average Bonchev–Trinajstić information content (AvgIpc) is 2.81. The van der Waals surface area contributed by atoms with Crippen LogP contribution in [0.15, 0.2) is 0 Å². The molecule has 1 nitrogen and oxygen atoms in total. The first-order chi connectivity index (χ1) is 5.20. The Labute approximate surface area is 69.6 Å². The lowest BCUT2D eigenvalue weighted by Crippen LogP contribution is -2.21. The highest BCUT2D eigenvalue weighted by atomic mass is 15.2. The molecule has 3 atom stereocenters. The van der Waals surface area contributed by atoms with E-state index in [1.54, 1.807) is 0 Å². The first-order valence-corrected chi connectivity index (χ1v) is 4.97. The Morgan fingerprint density at radius 1 is 1.55 bits per heavy atom. The van der Waals surface area contributed by atoms with Gasteiger partial charge in [-0.2, -0.15) is 0 Å². The van der Waals surface area contributed by atoms with Gasteiger partial charge in [0.05, 0.1) is 0 Å². The molecule has 2 rings (SSSR count). The van der Waals surface area contributed by atoms with E-state index in [0.717, 1.165) is 23.4 Å². The van der Waals surface area contributed by atoms with Crippen molar-refractivity contribution < 1.29 is 0 Å². The van der Waals surface area contributed by atoms with E-state index >= 15 is 0 Å². The zero-order chi connectivity index (χ0) is 8.06. The van der Waals surface area contributed by atoms with E-state index in [4.69, 9.17) is 0 Å². The van der Waals surface area contributed by atoms with Crippen molar-refractivity contribution in [2.75, 3.05) is 0 Å². The van der Waals surface area contributed by atoms with E-state index in [0.29, 0.717) is 0 Å². The standard InChI is InChI=1S/C10H19N/c1-4-7(2)10(5-6-10)9-8(3)11-9/h7-9,11H,4-6H2,1-3H3/t7-,8?,9?/m0/s1. The molecule has 64 valence electrons. The van der Waals surface area contributed by atoms with Crippen LogP contribution in [0.2, 0.25) is 0 Å². The quantitative estimate of drug-likeness (QED) is 0.617. The summed E-state index contributed by atoms with van der Waals surface area (Å²) < 4.78 is 0. The van der Waals surface area contributed by atoms with E-state index < -0.39 is 0 Å². The Balaban J connectivity index is 1.99. The van der Waals surface area contributed by atoms with Gasteiger partial charge < -0.3 is 5.32 Å². The molecule has 0 spiro atoms. The van der Waals surface area contributed by atoms with Gasteiger partial charge in [-0.25, -0.2) is 0 Å². The van der Waals surface area contributed by atoms with Crippen molar-refractivity contribution in [1.82, 2.24) is 5.32 Å². The molecule has 1 saturated heterocycles. The molecule has 0 amide bonds. The molecule has 0 aromatic heterocycles. The predicted octanol–water partition coefficient (Wildman–Crippen LogP) is 2.17. The van der Waals surface area contributed by atoms with Gasteiger partial charge in [-0.3, -0.25) is 0 Å². The molecule has 1 aliphatic carbocycles. The van der Waals surface area contributed by atoms with Gasteiger partial charge >= 0.3 is 0 Å². The molecule has 1 aliphatic heterocycles. The highest BCUT2D eigenvalue weighted by molar-refractivity contribution is 5.15. The van der Waals surface area contributed by atoms with Gasteiger partial charge in [-0.15, -0.1) is 0 Å². The van der Waals surface area contributed by atoms with Crippen molar-refractivity contribution in [2.24, 2.45) is 11.3 Å². The summed E-state index contributed by atoms with van der Waals surface area (Å²) in [5.74, 6) is 0.935. The van der Waals surface area contributed by atoms with Crippen LogP contribution < -0.4 is 5.32 Å².